The number of aromatic nitrogens is 1. The molecule has 1 aromatic rings. The van der Waals surface area contributed by atoms with Crippen molar-refractivity contribution in [3.63, 3.8) is 0 Å². The molecule has 1 amide bonds. The molecule has 1 aromatic heterocycles. The molecule has 0 bridgehead atoms. The monoisotopic (exact) mass is 195 g/mol. The van der Waals surface area contributed by atoms with E-state index < -0.39 is 10.8 Å². The van der Waals surface area contributed by atoms with E-state index in [1.165, 1.54) is 19.1 Å². The van der Waals surface area contributed by atoms with Gasteiger partial charge in [-0.05, 0) is 13.0 Å². The van der Waals surface area contributed by atoms with Gasteiger partial charge in [0, 0.05) is 6.07 Å². The first kappa shape index (κ1) is 10.1. The van der Waals surface area contributed by atoms with Crippen LogP contribution in [0.15, 0.2) is 12.1 Å². The highest BCUT2D eigenvalue weighted by Crippen LogP contribution is 2.15. The maximum Gasteiger partial charge on any atom is 0.290 e. The lowest BCUT2D eigenvalue weighted by Gasteiger charge is -1.99. The van der Waals surface area contributed by atoms with E-state index in [4.69, 9.17) is 5.73 Å². The van der Waals surface area contributed by atoms with Crippen LogP contribution in [-0.4, -0.2) is 15.8 Å². The number of aryl methyl sites for hydroxylation is 1. The molecule has 74 valence electrons. The average molecular weight is 195 g/mol. The van der Waals surface area contributed by atoms with Crippen molar-refractivity contribution in [2.75, 3.05) is 0 Å². The number of carbonyl (C=O) groups is 1. The van der Waals surface area contributed by atoms with Crippen LogP contribution in [0.2, 0.25) is 0 Å². The van der Waals surface area contributed by atoms with Gasteiger partial charge >= 0.3 is 0 Å². The van der Waals surface area contributed by atoms with Gasteiger partial charge in [0.25, 0.3) is 5.69 Å². The molecule has 2 N–H and O–H groups in total. The van der Waals surface area contributed by atoms with E-state index in [9.17, 15) is 14.9 Å². The van der Waals surface area contributed by atoms with Crippen molar-refractivity contribution >= 4 is 11.6 Å². The third-order valence-corrected chi connectivity index (χ3v) is 1.67. The normalized spacial score (nSPS) is 9.79. The summed E-state index contributed by atoms with van der Waals surface area (Å²) < 4.78 is 0. The zero-order valence-corrected chi connectivity index (χ0v) is 7.56. The number of nitro groups is 1. The summed E-state index contributed by atoms with van der Waals surface area (Å²) in [6.07, 6.45) is -0.00116. The van der Waals surface area contributed by atoms with Crippen LogP contribution in [0.1, 0.15) is 11.4 Å². The van der Waals surface area contributed by atoms with E-state index in [1.54, 1.807) is 0 Å². The van der Waals surface area contributed by atoms with Crippen LogP contribution >= 0.6 is 0 Å². The number of primary amides is 1. The molecule has 0 fully saturated rings. The van der Waals surface area contributed by atoms with Gasteiger partial charge in [0.1, 0.15) is 5.69 Å². The minimum absolute atomic E-state index is 0.00116. The van der Waals surface area contributed by atoms with Crippen molar-refractivity contribution in [1.29, 1.82) is 0 Å². The SMILES string of the molecule is Cc1nc(CC(N)=O)ccc1[N+](=O)[O-]. The number of hydrogen-bond acceptors (Lipinski definition) is 4. The Morgan fingerprint density at radius 2 is 2.29 bits per heavy atom. The maximum atomic E-state index is 10.5. The lowest BCUT2D eigenvalue weighted by atomic mass is 10.2. The molecule has 0 saturated heterocycles. The summed E-state index contributed by atoms with van der Waals surface area (Å²) in [4.78, 5) is 24.4. The Labute approximate surface area is 79.9 Å². The fourth-order valence-electron chi connectivity index (χ4n) is 1.08. The first-order valence-corrected chi connectivity index (χ1v) is 3.90. The molecule has 1 rings (SSSR count). The Kier molecular flexibility index (Phi) is 2.76. The summed E-state index contributed by atoms with van der Waals surface area (Å²) in [5.74, 6) is -0.509. The maximum absolute atomic E-state index is 10.5. The minimum atomic E-state index is -0.517. The summed E-state index contributed by atoms with van der Waals surface area (Å²) in [5.41, 5.74) is 5.63. The van der Waals surface area contributed by atoms with Crippen molar-refractivity contribution in [1.82, 2.24) is 4.98 Å². The zero-order chi connectivity index (χ0) is 10.7. The van der Waals surface area contributed by atoms with Gasteiger partial charge in [0.2, 0.25) is 5.91 Å². The predicted molar refractivity (Wildman–Crippen MR) is 48.5 cm³/mol. The lowest BCUT2D eigenvalue weighted by molar-refractivity contribution is -0.385. The van der Waals surface area contributed by atoms with Gasteiger partial charge < -0.3 is 5.73 Å². The fourth-order valence-corrected chi connectivity index (χ4v) is 1.08. The second kappa shape index (κ2) is 3.82. The Bertz CT molecular complexity index is 389. The molecule has 0 aliphatic heterocycles. The van der Waals surface area contributed by atoms with Gasteiger partial charge in [-0.2, -0.15) is 0 Å². The van der Waals surface area contributed by atoms with Gasteiger partial charge in [-0.3, -0.25) is 19.9 Å². The van der Waals surface area contributed by atoms with E-state index in [2.05, 4.69) is 4.98 Å². The van der Waals surface area contributed by atoms with Crippen molar-refractivity contribution in [3.05, 3.63) is 33.6 Å². The smallest absolute Gasteiger partial charge is 0.290 e. The quantitative estimate of drug-likeness (QED) is 0.554. The summed E-state index contributed by atoms with van der Waals surface area (Å²) in [6, 6.07) is 2.75. The molecule has 6 heteroatoms. The van der Waals surface area contributed by atoms with E-state index >= 15 is 0 Å². The third-order valence-electron chi connectivity index (χ3n) is 1.67. The van der Waals surface area contributed by atoms with Crippen LogP contribution in [0, 0.1) is 17.0 Å². The Morgan fingerprint density at radius 3 is 2.71 bits per heavy atom. The Morgan fingerprint density at radius 1 is 1.64 bits per heavy atom. The van der Waals surface area contributed by atoms with E-state index in [1.807, 2.05) is 0 Å². The highest BCUT2D eigenvalue weighted by molar-refractivity contribution is 5.76. The van der Waals surface area contributed by atoms with Crippen molar-refractivity contribution in [2.24, 2.45) is 5.73 Å². The first-order valence-electron chi connectivity index (χ1n) is 3.90. The van der Waals surface area contributed by atoms with Gasteiger partial charge in [-0.25, -0.2) is 0 Å². The lowest BCUT2D eigenvalue weighted by Crippen LogP contribution is -2.14. The van der Waals surface area contributed by atoms with Crippen molar-refractivity contribution in [2.45, 2.75) is 13.3 Å². The second-order valence-corrected chi connectivity index (χ2v) is 2.81. The van der Waals surface area contributed by atoms with Crippen LogP contribution in [0.3, 0.4) is 0 Å². The summed E-state index contributed by atoms with van der Waals surface area (Å²) in [5, 5.41) is 10.4. The van der Waals surface area contributed by atoms with Gasteiger partial charge in [-0.15, -0.1) is 0 Å². The number of nitrogens with zero attached hydrogens (tertiary/aromatic N) is 2. The van der Waals surface area contributed by atoms with Gasteiger partial charge in [-0.1, -0.05) is 0 Å². The third kappa shape index (κ3) is 2.25. The molecular weight excluding hydrogens is 186 g/mol. The number of hydrogen-bond donors (Lipinski definition) is 1. The number of pyridine rings is 1. The van der Waals surface area contributed by atoms with Crippen LogP contribution < -0.4 is 5.73 Å². The Hall–Kier alpha value is -1.98. The molecule has 0 unspecified atom stereocenters. The number of carbonyl (C=O) groups excluding carboxylic acids is 1. The number of nitrogens with two attached hydrogens (primary N) is 1. The molecule has 0 saturated carbocycles. The largest absolute Gasteiger partial charge is 0.369 e. The molecule has 0 radical (unpaired) electrons. The molecule has 14 heavy (non-hydrogen) atoms. The molecule has 0 aliphatic carbocycles. The van der Waals surface area contributed by atoms with Gasteiger partial charge in [0.05, 0.1) is 17.0 Å². The fraction of sp³-hybridized carbons (Fsp3) is 0.250. The van der Waals surface area contributed by atoms with E-state index in [0.717, 1.165) is 0 Å². The summed E-state index contributed by atoms with van der Waals surface area (Å²) in [6.45, 7) is 1.52. The summed E-state index contributed by atoms with van der Waals surface area (Å²) >= 11 is 0. The average Bonchev–Trinajstić information content (AvgIpc) is 2.01. The highest BCUT2D eigenvalue weighted by atomic mass is 16.6. The van der Waals surface area contributed by atoms with E-state index in [0.29, 0.717) is 5.69 Å². The number of rotatable bonds is 3. The van der Waals surface area contributed by atoms with Crippen LogP contribution in [-0.2, 0) is 11.2 Å². The molecule has 0 aromatic carbocycles. The van der Waals surface area contributed by atoms with E-state index in [-0.39, 0.29) is 17.8 Å². The zero-order valence-electron chi connectivity index (χ0n) is 7.56. The van der Waals surface area contributed by atoms with Crippen molar-refractivity contribution < 1.29 is 9.72 Å². The first-order chi connectivity index (χ1) is 6.50. The molecule has 6 nitrogen and oxygen atoms in total. The van der Waals surface area contributed by atoms with Crippen LogP contribution in [0.4, 0.5) is 5.69 Å². The van der Waals surface area contributed by atoms with Crippen molar-refractivity contribution in [3.8, 4) is 0 Å². The molecule has 1 heterocycles. The minimum Gasteiger partial charge on any atom is -0.369 e. The van der Waals surface area contributed by atoms with Crippen LogP contribution in [0.5, 0.6) is 0 Å². The molecule has 0 aliphatic rings. The molecular formula is C8H9N3O3. The molecule has 0 atom stereocenters. The second-order valence-electron chi connectivity index (χ2n) is 2.81. The number of amides is 1. The highest BCUT2D eigenvalue weighted by Gasteiger charge is 2.12. The summed E-state index contributed by atoms with van der Waals surface area (Å²) in [7, 11) is 0. The molecule has 0 spiro atoms. The van der Waals surface area contributed by atoms with Crippen LogP contribution in [0.25, 0.3) is 0 Å². The van der Waals surface area contributed by atoms with Gasteiger partial charge in [0.15, 0.2) is 0 Å². The standard InChI is InChI=1S/C8H9N3O3/c1-5-7(11(13)14)3-2-6(10-5)4-8(9)12/h2-3H,4H2,1H3,(H2,9,12). The Balaban J connectivity index is 3.00. The topological polar surface area (TPSA) is 99.1 Å². The predicted octanol–water partition coefficient (Wildman–Crippen LogP) is 0.326.